The van der Waals surface area contributed by atoms with Crippen molar-refractivity contribution >= 4 is 44.8 Å². The fourth-order valence-corrected chi connectivity index (χ4v) is 4.39. The Bertz CT molecular complexity index is 1160. The minimum absolute atomic E-state index is 0.0841. The Hall–Kier alpha value is -2.54. The van der Waals surface area contributed by atoms with Crippen LogP contribution in [0.4, 0.5) is 5.69 Å². The highest BCUT2D eigenvalue weighted by Crippen LogP contribution is 2.28. The molecule has 0 bridgehead atoms. The quantitative estimate of drug-likeness (QED) is 0.509. The number of halogens is 2. The van der Waals surface area contributed by atoms with E-state index >= 15 is 0 Å². The lowest BCUT2D eigenvalue weighted by molar-refractivity contribution is 0.0951. The summed E-state index contributed by atoms with van der Waals surface area (Å²) in [6.07, 6.45) is 1.12. The maximum atomic E-state index is 12.4. The lowest BCUT2D eigenvalue weighted by Crippen LogP contribution is -2.29. The molecule has 0 spiro atoms. The van der Waals surface area contributed by atoms with E-state index in [4.69, 9.17) is 23.2 Å². The second-order valence-corrected chi connectivity index (χ2v) is 10.0. The zero-order valence-electron chi connectivity index (χ0n) is 17.1. The molecule has 0 atom stereocenters. The topological polar surface area (TPSA) is 66.5 Å². The van der Waals surface area contributed by atoms with Crippen LogP contribution in [0.15, 0.2) is 66.7 Å². The van der Waals surface area contributed by atoms with Crippen LogP contribution in [-0.2, 0) is 23.1 Å². The molecule has 0 aliphatic rings. The summed E-state index contributed by atoms with van der Waals surface area (Å²) < 4.78 is 25.9. The van der Waals surface area contributed by atoms with Gasteiger partial charge in [0.05, 0.1) is 18.5 Å². The third-order valence-corrected chi connectivity index (χ3v) is 6.23. The molecular weight excluding hydrogens is 455 g/mol. The lowest BCUT2D eigenvalue weighted by atomic mass is 10.1. The number of nitrogens with one attached hydrogen (secondary N) is 1. The number of hydrogen-bond donors (Lipinski definition) is 1. The highest BCUT2D eigenvalue weighted by atomic mass is 35.5. The van der Waals surface area contributed by atoms with Crippen LogP contribution in [0.3, 0.4) is 0 Å². The van der Waals surface area contributed by atoms with Gasteiger partial charge in [-0.25, -0.2) is 8.42 Å². The average Bonchev–Trinajstić information content (AvgIpc) is 2.70. The lowest BCUT2D eigenvalue weighted by Gasteiger charge is -2.23. The van der Waals surface area contributed by atoms with Crippen LogP contribution >= 0.6 is 23.2 Å². The highest BCUT2D eigenvalue weighted by molar-refractivity contribution is 7.92. The van der Waals surface area contributed by atoms with Crippen LogP contribution in [0.25, 0.3) is 0 Å². The molecule has 0 aromatic heterocycles. The van der Waals surface area contributed by atoms with E-state index in [9.17, 15) is 13.2 Å². The molecule has 1 N–H and O–H groups in total. The summed E-state index contributed by atoms with van der Waals surface area (Å²) >= 11 is 12.1. The number of carbonyl (C=O) groups excluding carboxylic acids is 1. The van der Waals surface area contributed by atoms with Crippen LogP contribution in [0.1, 0.15) is 27.0 Å². The van der Waals surface area contributed by atoms with Crippen molar-refractivity contribution in [2.24, 2.45) is 0 Å². The number of benzene rings is 3. The van der Waals surface area contributed by atoms with E-state index in [0.29, 0.717) is 27.8 Å². The van der Waals surface area contributed by atoms with Gasteiger partial charge < -0.3 is 5.32 Å². The molecule has 0 fully saturated rings. The van der Waals surface area contributed by atoms with Crippen LogP contribution in [0.5, 0.6) is 0 Å². The SMILES string of the molecule is Cc1ccc(CNC(=O)c2ccc(CN(c3cc(Cl)cc(Cl)c3)S(C)(=O)=O)cc2)cc1. The molecule has 0 radical (unpaired) electrons. The molecule has 3 aromatic carbocycles. The van der Waals surface area contributed by atoms with Gasteiger partial charge in [-0.3, -0.25) is 9.10 Å². The molecule has 3 rings (SSSR count). The second kappa shape index (κ2) is 9.73. The Balaban J connectivity index is 1.71. The number of nitrogens with zero attached hydrogens (tertiary/aromatic N) is 1. The number of hydrogen-bond acceptors (Lipinski definition) is 3. The number of aryl methyl sites for hydroxylation is 1. The van der Waals surface area contributed by atoms with E-state index in [0.717, 1.165) is 22.9 Å². The summed E-state index contributed by atoms with van der Waals surface area (Å²) in [4.78, 5) is 12.4. The fraction of sp³-hybridized carbons (Fsp3) is 0.174. The van der Waals surface area contributed by atoms with Crippen molar-refractivity contribution in [1.29, 1.82) is 0 Å². The smallest absolute Gasteiger partial charge is 0.251 e. The fourth-order valence-electron chi connectivity index (χ4n) is 3.00. The number of carbonyl (C=O) groups is 1. The molecule has 0 saturated carbocycles. The first-order valence-corrected chi connectivity index (χ1v) is 12.1. The molecule has 8 heteroatoms. The molecule has 0 aliphatic carbocycles. The summed E-state index contributed by atoms with van der Waals surface area (Å²) in [5.41, 5.74) is 3.76. The molecule has 3 aromatic rings. The monoisotopic (exact) mass is 476 g/mol. The van der Waals surface area contributed by atoms with Gasteiger partial charge >= 0.3 is 0 Å². The third-order valence-electron chi connectivity index (χ3n) is 4.65. The summed E-state index contributed by atoms with van der Waals surface area (Å²) in [6, 6.07) is 19.4. The molecule has 162 valence electrons. The molecule has 5 nitrogen and oxygen atoms in total. The zero-order valence-corrected chi connectivity index (χ0v) is 19.4. The van der Waals surface area contributed by atoms with Gasteiger partial charge in [-0.15, -0.1) is 0 Å². The van der Waals surface area contributed by atoms with Gasteiger partial charge in [-0.1, -0.05) is 65.2 Å². The van der Waals surface area contributed by atoms with Gasteiger partial charge in [0.25, 0.3) is 5.91 Å². The van der Waals surface area contributed by atoms with E-state index in [1.54, 1.807) is 36.4 Å². The van der Waals surface area contributed by atoms with Crippen LogP contribution in [-0.4, -0.2) is 20.6 Å². The second-order valence-electron chi connectivity index (χ2n) is 7.26. The van der Waals surface area contributed by atoms with Crippen molar-refractivity contribution in [2.75, 3.05) is 10.6 Å². The summed E-state index contributed by atoms with van der Waals surface area (Å²) in [7, 11) is -3.58. The predicted molar refractivity (Wildman–Crippen MR) is 126 cm³/mol. The first-order valence-electron chi connectivity index (χ1n) is 9.48. The minimum atomic E-state index is -3.58. The van der Waals surface area contributed by atoms with Crippen molar-refractivity contribution in [3.05, 3.63) is 99.0 Å². The van der Waals surface area contributed by atoms with Crippen LogP contribution < -0.4 is 9.62 Å². The van der Waals surface area contributed by atoms with Gasteiger partial charge in [-0.05, 0) is 48.4 Å². The van der Waals surface area contributed by atoms with E-state index in [1.807, 2.05) is 31.2 Å². The number of rotatable bonds is 7. The normalized spacial score (nSPS) is 11.2. The van der Waals surface area contributed by atoms with E-state index in [1.165, 1.54) is 10.4 Å². The first-order chi connectivity index (χ1) is 14.6. The van der Waals surface area contributed by atoms with Crippen LogP contribution in [0.2, 0.25) is 10.0 Å². The Morgan fingerprint density at radius 1 is 0.903 bits per heavy atom. The van der Waals surface area contributed by atoms with E-state index < -0.39 is 10.0 Å². The minimum Gasteiger partial charge on any atom is -0.348 e. The summed E-state index contributed by atoms with van der Waals surface area (Å²) in [5.74, 6) is -0.200. The Morgan fingerprint density at radius 3 is 2.00 bits per heavy atom. The molecule has 0 unspecified atom stereocenters. The van der Waals surface area contributed by atoms with E-state index in [2.05, 4.69) is 5.32 Å². The molecular formula is C23H22Cl2N2O3S. The van der Waals surface area contributed by atoms with Gasteiger partial charge in [0.2, 0.25) is 10.0 Å². The average molecular weight is 477 g/mol. The molecule has 0 saturated heterocycles. The maximum Gasteiger partial charge on any atom is 0.251 e. The largest absolute Gasteiger partial charge is 0.348 e. The van der Waals surface area contributed by atoms with Gasteiger partial charge in [0, 0.05) is 22.2 Å². The van der Waals surface area contributed by atoms with Crippen molar-refractivity contribution in [3.8, 4) is 0 Å². The van der Waals surface area contributed by atoms with E-state index in [-0.39, 0.29) is 12.5 Å². The van der Waals surface area contributed by atoms with Gasteiger partial charge in [0.1, 0.15) is 0 Å². The predicted octanol–water partition coefficient (Wildman–Crippen LogP) is 5.20. The van der Waals surface area contributed by atoms with Crippen molar-refractivity contribution in [1.82, 2.24) is 5.32 Å². The summed E-state index contributed by atoms with van der Waals surface area (Å²) in [5, 5.41) is 3.57. The maximum absolute atomic E-state index is 12.4. The van der Waals surface area contributed by atoms with Gasteiger partial charge in [0.15, 0.2) is 0 Å². The molecule has 0 aliphatic heterocycles. The zero-order chi connectivity index (χ0) is 22.6. The number of anilines is 1. The van der Waals surface area contributed by atoms with Crippen molar-refractivity contribution in [2.45, 2.75) is 20.0 Å². The summed E-state index contributed by atoms with van der Waals surface area (Å²) in [6.45, 7) is 2.52. The number of sulfonamides is 1. The number of amides is 1. The Morgan fingerprint density at radius 2 is 1.45 bits per heavy atom. The van der Waals surface area contributed by atoms with Crippen molar-refractivity contribution in [3.63, 3.8) is 0 Å². The van der Waals surface area contributed by atoms with Gasteiger partial charge in [-0.2, -0.15) is 0 Å². The third kappa shape index (κ3) is 6.47. The standard InChI is InChI=1S/C23H22Cl2N2O3S/c1-16-3-5-17(6-4-16)14-26-23(28)19-9-7-18(8-10-19)15-27(31(2,29)30)22-12-20(24)11-21(25)13-22/h3-13H,14-15H2,1-2H3,(H,26,28). The molecule has 0 heterocycles. The highest BCUT2D eigenvalue weighted by Gasteiger charge is 2.19. The molecule has 1 amide bonds. The Kier molecular flexibility index (Phi) is 7.26. The van der Waals surface area contributed by atoms with Crippen LogP contribution in [0, 0.1) is 6.92 Å². The first kappa shape index (κ1) is 23.1. The van der Waals surface area contributed by atoms with Crippen molar-refractivity contribution < 1.29 is 13.2 Å². The Labute approximate surface area is 192 Å². The molecule has 31 heavy (non-hydrogen) atoms.